The second-order valence-corrected chi connectivity index (χ2v) is 8.41. The number of carbonyl (C=O) groups is 2. The number of H-pyrrole nitrogens is 1. The molecule has 0 saturated heterocycles. The smallest absolute Gasteiger partial charge is 0.330 e. The van der Waals surface area contributed by atoms with Gasteiger partial charge in [-0.2, -0.15) is 0 Å². The van der Waals surface area contributed by atoms with Crippen LogP contribution in [0.1, 0.15) is 42.1 Å². The number of unbranched alkanes of at least 4 members (excludes halogenated alkanes) is 1. The summed E-state index contributed by atoms with van der Waals surface area (Å²) in [6, 6.07) is 15.5. The number of aromatic nitrogens is 2. The van der Waals surface area contributed by atoms with Crippen LogP contribution < -0.4 is 27.2 Å². The first-order chi connectivity index (χ1) is 16.8. The van der Waals surface area contributed by atoms with E-state index in [1.54, 1.807) is 24.3 Å². The Bertz CT molecular complexity index is 1290. The van der Waals surface area contributed by atoms with Gasteiger partial charge in [-0.25, -0.2) is 4.79 Å². The normalized spacial score (nSPS) is 10.7. The van der Waals surface area contributed by atoms with E-state index in [1.807, 2.05) is 37.3 Å². The predicted molar refractivity (Wildman–Crippen MR) is 137 cm³/mol. The topological polar surface area (TPSA) is 130 Å². The number of rotatable bonds is 10. The molecule has 0 unspecified atom stereocenters. The number of nitrogens with zero attached hydrogens (tertiary/aromatic N) is 2. The molecule has 0 radical (unpaired) electrons. The largest absolute Gasteiger partial charge is 0.383 e. The zero-order valence-corrected chi connectivity index (χ0v) is 20.2. The van der Waals surface area contributed by atoms with Crippen LogP contribution in [0.3, 0.4) is 0 Å². The van der Waals surface area contributed by atoms with Crippen molar-refractivity contribution in [2.24, 2.45) is 0 Å². The molecule has 2 aromatic carbocycles. The Morgan fingerprint density at radius 1 is 1.09 bits per heavy atom. The first-order valence-electron chi connectivity index (χ1n) is 11.3. The molecular formula is C25H28ClN5O4. The van der Waals surface area contributed by atoms with Crippen LogP contribution in [0.5, 0.6) is 0 Å². The highest BCUT2D eigenvalue weighted by Crippen LogP contribution is 2.21. The van der Waals surface area contributed by atoms with Crippen LogP contribution in [-0.2, 0) is 17.9 Å². The molecule has 1 heterocycles. The minimum absolute atomic E-state index is 0.0405. The Morgan fingerprint density at radius 3 is 2.43 bits per heavy atom. The lowest BCUT2D eigenvalue weighted by Gasteiger charge is -2.25. The predicted octanol–water partition coefficient (Wildman–Crippen LogP) is 2.93. The highest BCUT2D eigenvalue weighted by molar-refractivity contribution is 6.30. The van der Waals surface area contributed by atoms with E-state index >= 15 is 0 Å². The van der Waals surface area contributed by atoms with Crippen molar-refractivity contribution in [3.05, 3.63) is 91.6 Å². The monoisotopic (exact) mass is 497 g/mol. The summed E-state index contributed by atoms with van der Waals surface area (Å²) in [5.41, 5.74) is 5.99. The van der Waals surface area contributed by atoms with E-state index in [-0.39, 0.29) is 36.9 Å². The molecule has 0 aliphatic carbocycles. The molecule has 0 fully saturated rings. The van der Waals surface area contributed by atoms with Crippen molar-refractivity contribution in [3.8, 4) is 0 Å². The van der Waals surface area contributed by atoms with Crippen LogP contribution in [0, 0.1) is 0 Å². The summed E-state index contributed by atoms with van der Waals surface area (Å²) in [4.78, 5) is 54.3. The fraction of sp³-hybridized carbons (Fsp3) is 0.280. The van der Waals surface area contributed by atoms with Crippen molar-refractivity contribution in [2.75, 3.05) is 17.2 Å². The van der Waals surface area contributed by atoms with E-state index in [2.05, 4.69) is 10.3 Å². The molecule has 184 valence electrons. The molecule has 4 N–H and O–H groups in total. The number of carbonyl (C=O) groups excluding carboxylic acids is 2. The maximum atomic E-state index is 13.3. The molecule has 0 aliphatic rings. The summed E-state index contributed by atoms with van der Waals surface area (Å²) >= 11 is 5.85. The van der Waals surface area contributed by atoms with Crippen LogP contribution in [0.4, 0.5) is 11.5 Å². The molecule has 10 heteroatoms. The number of anilines is 2. The Morgan fingerprint density at radius 2 is 1.77 bits per heavy atom. The highest BCUT2D eigenvalue weighted by atomic mass is 35.5. The van der Waals surface area contributed by atoms with Gasteiger partial charge in [0.25, 0.3) is 11.5 Å². The van der Waals surface area contributed by atoms with E-state index < -0.39 is 17.2 Å². The van der Waals surface area contributed by atoms with Crippen molar-refractivity contribution in [1.29, 1.82) is 0 Å². The van der Waals surface area contributed by atoms with Crippen molar-refractivity contribution in [3.63, 3.8) is 0 Å². The van der Waals surface area contributed by atoms with Crippen molar-refractivity contribution in [1.82, 2.24) is 14.9 Å². The standard InChI is InChI=1S/C25H28ClN5O4/c1-2-3-15-30-22(27)21(24(34)29-25(30)35)31(16-17-7-5-4-6-8-17)20(32)13-14-28-23(33)18-9-11-19(26)12-10-18/h4-12H,2-3,13-16,27H2,1H3,(H,28,33)(H,29,34,35). The van der Waals surface area contributed by atoms with E-state index in [4.69, 9.17) is 17.3 Å². The van der Waals surface area contributed by atoms with Gasteiger partial charge in [0.2, 0.25) is 5.91 Å². The minimum Gasteiger partial charge on any atom is -0.383 e. The van der Waals surface area contributed by atoms with E-state index in [9.17, 15) is 19.2 Å². The molecule has 0 bridgehead atoms. The van der Waals surface area contributed by atoms with Gasteiger partial charge < -0.3 is 16.0 Å². The number of nitrogens with two attached hydrogens (primary N) is 1. The maximum Gasteiger partial charge on any atom is 0.330 e. The molecule has 0 spiro atoms. The fourth-order valence-electron chi connectivity index (χ4n) is 3.56. The van der Waals surface area contributed by atoms with Crippen LogP contribution >= 0.6 is 11.6 Å². The molecule has 2 amide bonds. The molecule has 0 aliphatic heterocycles. The van der Waals surface area contributed by atoms with Crippen LogP contribution in [-0.4, -0.2) is 27.9 Å². The molecule has 3 rings (SSSR count). The molecule has 9 nitrogen and oxygen atoms in total. The third kappa shape index (κ3) is 6.60. The van der Waals surface area contributed by atoms with Gasteiger partial charge in [-0.3, -0.25) is 23.9 Å². The second kappa shape index (κ2) is 12.0. The average molecular weight is 498 g/mol. The van der Waals surface area contributed by atoms with Gasteiger partial charge in [-0.05, 0) is 36.2 Å². The molecular weight excluding hydrogens is 470 g/mol. The number of nitrogen functional groups attached to an aromatic ring is 1. The Kier molecular flexibility index (Phi) is 8.86. The fourth-order valence-corrected chi connectivity index (χ4v) is 3.68. The SMILES string of the molecule is CCCCn1c(N)c(N(Cc2ccccc2)C(=O)CCNC(=O)c2ccc(Cl)cc2)c(=O)[nH]c1=O. The molecule has 1 aromatic heterocycles. The molecule has 3 aromatic rings. The Balaban J connectivity index is 1.85. The van der Waals surface area contributed by atoms with E-state index in [1.165, 1.54) is 9.47 Å². The third-order valence-electron chi connectivity index (χ3n) is 5.43. The first-order valence-corrected chi connectivity index (χ1v) is 11.7. The quantitative estimate of drug-likeness (QED) is 0.396. The molecule has 35 heavy (non-hydrogen) atoms. The van der Waals surface area contributed by atoms with Gasteiger partial charge >= 0.3 is 5.69 Å². The van der Waals surface area contributed by atoms with Gasteiger partial charge in [0, 0.05) is 30.1 Å². The zero-order valence-electron chi connectivity index (χ0n) is 19.4. The van der Waals surface area contributed by atoms with Gasteiger partial charge in [0.1, 0.15) is 5.82 Å². The lowest BCUT2D eigenvalue weighted by Crippen LogP contribution is -2.41. The summed E-state index contributed by atoms with van der Waals surface area (Å²) in [7, 11) is 0. The molecule has 0 atom stereocenters. The van der Waals surface area contributed by atoms with Crippen LogP contribution in [0.15, 0.2) is 64.2 Å². The summed E-state index contributed by atoms with van der Waals surface area (Å²) in [5, 5.41) is 3.21. The number of hydrogen-bond donors (Lipinski definition) is 3. The lowest BCUT2D eigenvalue weighted by molar-refractivity contribution is -0.118. The summed E-state index contributed by atoms with van der Waals surface area (Å²) in [5.74, 6) is -0.848. The summed E-state index contributed by atoms with van der Waals surface area (Å²) in [6.07, 6.45) is 1.42. The minimum atomic E-state index is -0.741. The number of nitrogens with one attached hydrogen (secondary N) is 2. The number of aromatic amines is 1. The van der Waals surface area contributed by atoms with Crippen molar-refractivity contribution in [2.45, 2.75) is 39.3 Å². The second-order valence-electron chi connectivity index (χ2n) is 7.98. The lowest BCUT2D eigenvalue weighted by atomic mass is 10.2. The first kappa shape index (κ1) is 25.8. The zero-order chi connectivity index (χ0) is 25.4. The van der Waals surface area contributed by atoms with Crippen LogP contribution in [0.2, 0.25) is 5.02 Å². The average Bonchev–Trinajstić information content (AvgIpc) is 2.84. The van der Waals surface area contributed by atoms with Crippen molar-refractivity contribution < 1.29 is 9.59 Å². The van der Waals surface area contributed by atoms with Gasteiger partial charge in [0.05, 0.1) is 6.54 Å². The number of halogens is 1. The van der Waals surface area contributed by atoms with Crippen LogP contribution in [0.25, 0.3) is 0 Å². The maximum absolute atomic E-state index is 13.3. The van der Waals surface area contributed by atoms with Gasteiger partial charge in [-0.1, -0.05) is 55.3 Å². The summed E-state index contributed by atoms with van der Waals surface area (Å²) < 4.78 is 1.27. The molecule has 0 saturated carbocycles. The van der Waals surface area contributed by atoms with Gasteiger partial charge in [0.15, 0.2) is 5.69 Å². The highest BCUT2D eigenvalue weighted by Gasteiger charge is 2.24. The number of amides is 2. The van der Waals surface area contributed by atoms with E-state index in [0.29, 0.717) is 23.6 Å². The summed E-state index contributed by atoms with van der Waals surface area (Å²) in [6.45, 7) is 2.40. The van der Waals surface area contributed by atoms with Crippen molar-refractivity contribution >= 4 is 34.9 Å². The number of benzene rings is 2. The third-order valence-corrected chi connectivity index (χ3v) is 5.69. The van der Waals surface area contributed by atoms with Gasteiger partial charge in [-0.15, -0.1) is 0 Å². The van der Waals surface area contributed by atoms with E-state index in [0.717, 1.165) is 12.0 Å². The Labute approximate surface area is 207 Å². The Hall–Kier alpha value is -3.85. The number of hydrogen-bond acceptors (Lipinski definition) is 5.